The zero-order valence-electron chi connectivity index (χ0n) is 18.5. The fourth-order valence-corrected chi connectivity index (χ4v) is 5.20. The Kier molecular flexibility index (Phi) is 8.23. The van der Waals surface area contributed by atoms with Gasteiger partial charge in [0.05, 0.1) is 0 Å². The van der Waals surface area contributed by atoms with Crippen LogP contribution in [0.15, 0.2) is 89.8 Å². The highest BCUT2D eigenvalue weighted by Gasteiger charge is 2.21. The van der Waals surface area contributed by atoms with Crippen molar-refractivity contribution in [1.82, 2.24) is 9.62 Å². The molecule has 3 aromatic carbocycles. The van der Waals surface area contributed by atoms with Gasteiger partial charge in [-0.1, -0.05) is 78.4 Å². The molecule has 31 heavy (non-hydrogen) atoms. The summed E-state index contributed by atoms with van der Waals surface area (Å²) >= 11 is 1.75. The van der Waals surface area contributed by atoms with Gasteiger partial charge in [-0.2, -0.15) is 0 Å². The van der Waals surface area contributed by atoms with E-state index in [9.17, 15) is 0 Å². The lowest BCUT2D eigenvalue weighted by atomic mass is 9.90. The van der Waals surface area contributed by atoms with Gasteiger partial charge < -0.3 is 4.90 Å². The summed E-state index contributed by atoms with van der Waals surface area (Å²) in [4.78, 5) is 3.93. The van der Waals surface area contributed by atoms with Crippen molar-refractivity contribution in [2.75, 3.05) is 19.6 Å². The van der Waals surface area contributed by atoms with Crippen LogP contribution in [-0.4, -0.2) is 24.5 Å². The number of nitrogens with zero attached hydrogens (tertiary/aromatic N) is 1. The van der Waals surface area contributed by atoms with Crippen LogP contribution in [0.4, 0.5) is 0 Å². The van der Waals surface area contributed by atoms with Crippen molar-refractivity contribution in [3.63, 3.8) is 0 Å². The van der Waals surface area contributed by atoms with Crippen molar-refractivity contribution in [3.8, 4) is 0 Å². The monoisotopic (exact) mass is 430 g/mol. The smallest absolute Gasteiger partial charge is 0.0436 e. The highest BCUT2D eigenvalue weighted by molar-refractivity contribution is 7.97. The maximum atomic E-state index is 3.74. The van der Waals surface area contributed by atoms with Crippen LogP contribution in [-0.2, 0) is 6.42 Å². The minimum atomic E-state index is 0.356. The Balaban J connectivity index is 1.28. The molecule has 1 heterocycles. The van der Waals surface area contributed by atoms with E-state index in [0.717, 1.165) is 18.9 Å². The van der Waals surface area contributed by atoms with Gasteiger partial charge >= 0.3 is 0 Å². The average molecular weight is 431 g/mol. The molecule has 0 amide bonds. The highest BCUT2D eigenvalue weighted by atomic mass is 32.2. The van der Waals surface area contributed by atoms with E-state index in [1.54, 1.807) is 11.9 Å². The zero-order chi connectivity index (χ0) is 21.3. The molecule has 0 aliphatic carbocycles. The maximum absolute atomic E-state index is 3.74. The largest absolute Gasteiger partial charge is 0.303 e. The van der Waals surface area contributed by atoms with Gasteiger partial charge in [-0.15, -0.1) is 0 Å². The van der Waals surface area contributed by atoms with Crippen molar-refractivity contribution < 1.29 is 0 Å². The first-order valence-electron chi connectivity index (χ1n) is 11.6. The Bertz CT molecular complexity index is 887. The SMILES string of the molecule is Cc1ccc(SNC(CCN2CCC(Cc3ccccc3)CC2)c2ccccc2)cc1. The van der Waals surface area contributed by atoms with Crippen LogP contribution in [0.5, 0.6) is 0 Å². The van der Waals surface area contributed by atoms with Crippen LogP contribution < -0.4 is 4.72 Å². The standard InChI is InChI=1S/C28H34N2S/c1-23-12-14-27(15-13-23)31-29-28(26-10-6-3-7-11-26)18-21-30-19-16-25(17-20-30)22-24-8-4-2-5-9-24/h2-15,25,28-29H,16-22H2,1H3. The van der Waals surface area contributed by atoms with Gasteiger partial charge in [0.2, 0.25) is 0 Å². The zero-order valence-corrected chi connectivity index (χ0v) is 19.4. The lowest BCUT2D eigenvalue weighted by Gasteiger charge is -2.33. The van der Waals surface area contributed by atoms with Crippen LogP contribution in [0.2, 0.25) is 0 Å². The first kappa shape index (κ1) is 22.1. The maximum Gasteiger partial charge on any atom is 0.0436 e. The van der Waals surface area contributed by atoms with E-state index in [1.165, 1.54) is 53.9 Å². The number of likely N-dealkylation sites (tertiary alicyclic amines) is 1. The molecule has 1 unspecified atom stereocenters. The molecule has 4 rings (SSSR count). The van der Waals surface area contributed by atoms with E-state index in [-0.39, 0.29) is 0 Å². The molecule has 3 aromatic rings. The quantitative estimate of drug-likeness (QED) is 0.381. The van der Waals surface area contributed by atoms with Crippen LogP contribution in [0.25, 0.3) is 0 Å². The van der Waals surface area contributed by atoms with Crippen LogP contribution in [0, 0.1) is 12.8 Å². The van der Waals surface area contributed by atoms with Gasteiger partial charge in [-0.05, 0) is 93.4 Å². The summed E-state index contributed by atoms with van der Waals surface area (Å²) in [6.07, 6.45) is 5.00. The van der Waals surface area contributed by atoms with Crippen molar-refractivity contribution in [2.24, 2.45) is 5.92 Å². The number of rotatable bonds is 9. The fourth-order valence-electron chi connectivity index (χ4n) is 4.40. The van der Waals surface area contributed by atoms with Crippen molar-refractivity contribution >= 4 is 11.9 Å². The third-order valence-corrected chi connectivity index (χ3v) is 7.26. The highest BCUT2D eigenvalue weighted by Crippen LogP contribution is 2.26. The van der Waals surface area contributed by atoms with Crippen molar-refractivity contribution in [1.29, 1.82) is 0 Å². The molecule has 0 bridgehead atoms. The van der Waals surface area contributed by atoms with Crippen LogP contribution in [0.3, 0.4) is 0 Å². The summed E-state index contributed by atoms with van der Waals surface area (Å²) in [5, 5.41) is 0. The number of hydrogen-bond acceptors (Lipinski definition) is 3. The Hall–Kier alpha value is -2.07. The predicted molar refractivity (Wildman–Crippen MR) is 133 cm³/mol. The number of benzene rings is 3. The molecular formula is C28H34N2S. The summed E-state index contributed by atoms with van der Waals surface area (Å²) in [5.74, 6) is 0.832. The van der Waals surface area contributed by atoms with E-state index >= 15 is 0 Å². The molecule has 1 aliphatic rings. The molecule has 1 fully saturated rings. The molecule has 1 saturated heterocycles. The van der Waals surface area contributed by atoms with Crippen LogP contribution in [0.1, 0.15) is 42.0 Å². The summed E-state index contributed by atoms with van der Waals surface area (Å²) in [6.45, 7) is 5.74. The summed E-state index contributed by atoms with van der Waals surface area (Å²) in [7, 11) is 0. The molecule has 162 valence electrons. The molecule has 0 spiro atoms. The summed E-state index contributed by atoms with van der Waals surface area (Å²) < 4.78 is 3.74. The molecule has 1 aliphatic heterocycles. The fraction of sp³-hybridized carbons (Fsp3) is 0.357. The summed E-state index contributed by atoms with van der Waals surface area (Å²) in [5.41, 5.74) is 4.17. The van der Waals surface area contributed by atoms with E-state index in [2.05, 4.69) is 101 Å². The Labute approximate surface area is 192 Å². The second-order valence-corrected chi connectivity index (χ2v) is 9.67. The van der Waals surface area contributed by atoms with Gasteiger partial charge in [0.15, 0.2) is 0 Å². The van der Waals surface area contributed by atoms with Crippen molar-refractivity contribution in [3.05, 3.63) is 102 Å². The molecule has 0 radical (unpaired) electrons. The predicted octanol–water partition coefficient (Wildman–Crippen LogP) is 6.68. The first-order chi connectivity index (χ1) is 15.3. The average Bonchev–Trinajstić information content (AvgIpc) is 2.82. The second-order valence-electron chi connectivity index (χ2n) is 8.76. The first-order valence-corrected chi connectivity index (χ1v) is 12.4. The molecule has 0 aromatic heterocycles. The lowest BCUT2D eigenvalue weighted by molar-refractivity contribution is 0.178. The Morgan fingerprint density at radius 1 is 0.871 bits per heavy atom. The minimum absolute atomic E-state index is 0.356. The lowest BCUT2D eigenvalue weighted by Crippen LogP contribution is -2.36. The molecular weight excluding hydrogens is 396 g/mol. The number of piperidine rings is 1. The molecule has 0 saturated carbocycles. The normalized spacial score (nSPS) is 16.3. The van der Waals surface area contributed by atoms with E-state index in [1.807, 2.05) is 0 Å². The number of hydrogen-bond donors (Lipinski definition) is 1. The minimum Gasteiger partial charge on any atom is -0.303 e. The van der Waals surface area contributed by atoms with E-state index in [4.69, 9.17) is 0 Å². The number of nitrogens with one attached hydrogen (secondary N) is 1. The van der Waals surface area contributed by atoms with E-state index < -0.39 is 0 Å². The molecule has 1 N–H and O–H groups in total. The van der Waals surface area contributed by atoms with Gasteiger partial charge in [-0.3, -0.25) is 4.72 Å². The van der Waals surface area contributed by atoms with Gasteiger partial charge in [0.1, 0.15) is 0 Å². The van der Waals surface area contributed by atoms with Gasteiger partial charge in [0, 0.05) is 10.9 Å². The molecule has 2 nitrogen and oxygen atoms in total. The van der Waals surface area contributed by atoms with E-state index in [0.29, 0.717) is 6.04 Å². The molecule has 1 atom stereocenters. The third kappa shape index (κ3) is 6.96. The van der Waals surface area contributed by atoms with Crippen LogP contribution >= 0.6 is 11.9 Å². The van der Waals surface area contributed by atoms with Gasteiger partial charge in [-0.25, -0.2) is 0 Å². The number of aryl methyl sites for hydroxylation is 1. The Morgan fingerprint density at radius 3 is 2.19 bits per heavy atom. The third-order valence-electron chi connectivity index (χ3n) is 6.35. The van der Waals surface area contributed by atoms with Crippen molar-refractivity contribution in [2.45, 2.75) is 43.5 Å². The molecule has 3 heteroatoms. The van der Waals surface area contributed by atoms with Gasteiger partial charge in [0.25, 0.3) is 0 Å². The Morgan fingerprint density at radius 2 is 1.52 bits per heavy atom. The topological polar surface area (TPSA) is 15.3 Å². The second kappa shape index (κ2) is 11.5. The summed E-state index contributed by atoms with van der Waals surface area (Å²) in [6, 6.07) is 31.0.